The molecule has 0 aliphatic heterocycles. The summed E-state index contributed by atoms with van der Waals surface area (Å²) in [5, 5.41) is 4.68. The van der Waals surface area contributed by atoms with Crippen LogP contribution in [0.4, 0.5) is 0 Å². The quantitative estimate of drug-likeness (QED) is 0.757. The van der Waals surface area contributed by atoms with E-state index in [1.165, 1.54) is 6.07 Å². The van der Waals surface area contributed by atoms with Crippen LogP contribution < -0.4 is 5.56 Å². The highest BCUT2D eigenvalue weighted by atomic mass is 16.4. The summed E-state index contributed by atoms with van der Waals surface area (Å²) in [5.74, 6) is 1.68. The molecule has 6 heteroatoms. The summed E-state index contributed by atoms with van der Waals surface area (Å²) in [7, 11) is 0. The van der Waals surface area contributed by atoms with Gasteiger partial charge in [-0.2, -0.15) is 5.10 Å². The van der Waals surface area contributed by atoms with Gasteiger partial charge >= 0.3 is 0 Å². The van der Waals surface area contributed by atoms with Gasteiger partial charge in [-0.3, -0.25) is 4.79 Å². The first-order valence-corrected chi connectivity index (χ1v) is 8.86. The molecule has 3 heterocycles. The van der Waals surface area contributed by atoms with Crippen molar-refractivity contribution < 1.29 is 4.42 Å². The van der Waals surface area contributed by atoms with Gasteiger partial charge in [-0.1, -0.05) is 34.6 Å². The van der Waals surface area contributed by atoms with E-state index in [0.717, 1.165) is 35.9 Å². The predicted octanol–water partition coefficient (Wildman–Crippen LogP) is 3.76. The third-order valence-electron chi connectivity index (χ3n) is 4.57. The third-order valence-corrected chi connectivity index (χ3v) is 4.57. The molecule has 6 nitrogen and oxygen atoms in total. The second-order valence-electron chi connectivity index (χ2n) is 8.31. The highest BCUT2D eigenvalue weighted by molar-refractivity contribution is 5.28. The molecule has 0 radical (unpaired) electrons. The minimum Gasteiger partial charge on any atom is -0.445 e. The molecule has 3 aromatic heterocycles. The lowest BCUT2D eigenvalue weighted by atomic mass is 9.84. The summed E-state index contributed by atoms with van der Waals surface area (Å²) in [6.45, 7) is 10.7. The van der Waals surface area contributed by atoms with Crippen molar-refractivity contribution in [1.82, 2.24) is 19.7 Å². The first-order chi connectivity index (χ1) is 12.1. The fraction of sp³-hybridized carbons (Fsp3) is 0.450. The second kappa shape index (κ2) is 6.59. The van der Waals surface area contributed by atoms with Crippen molar-refractivity contribution in [2.24, 2.45) is 0 Å². The smallest absolute Gasteiger partial charge is 0.248 e. The lowest BCUT2D eigenvalue weighted by Crippen LogP contribution is -2.19. The maximum absolute atomic E-state index is 11.2. The first kappa shape index (κ1) is 18.2. The molecule has 0 unspecified atom stereocenters. The molecule has 0 fully saturated rings. The number of hydrogen-bond acceptors (Lipinski definition) is 4. The van der Waals surface area contributed by atoms with E-state index in [9.17, 15) is 4.79 Å². The lowest BCUT2D eigenvalue weighted by molar-refractivity contribution is 0.363. The number of rotatable bonds is 5. The van der Waals surface area contributed by atoms with E-state index in [-0.39, 0.29) is 16.4 Å². The van der Waals surface area contributed by atoms with Crippen LogP contribution in [0.3, 0.4) is 0 Å². The van der Waals surface area contributed by atoms with Crippen LogP contribution in [0.2, 0.25) is 0 Å². The second-order valence-corrected chi connectivity index (χ2v) is 8.31. The van der Waals surface area contributed by atoms with Gasteiger partial charge < -0.3 is 9.40 Å². The van der Waals surface area contributed by atoms with Crippen LogP contribution in [-0.2, 0) is 17.3 Å². The van der Waals surface area contributed by atoms with Crippen molar-refractivity contribution in [1.29, 1.82) is 0 Å². The van der Waals surface area contributed by atoms with E-state index in [4.69, 9.17) is 4.42 Å². The van der Waals surface area contributed by atoms with Crippen LogP contribution in [-0.4, -0.2) is 19.7 Å². The van der Waals surface area contributed by atoms with Gasteiger partial charge in [-0.15, -0.1) is 0 Å². The predicted molar refractivity (Wildman–Crippen MR) is 101 cm³/mol. The topological polar surface area (TPSA) is 76.7 Å². The number of nitrogens with one attached hydrogen (secondary N) is 1. The number of aromatic amines is 1. The zero-order chi connectivity index (χ0) is 18.9. The van der Waals surface area contributed by atoms with E-state index in [2.05, 4.69) is 49.7 Å². The van der Waals surface area contributed by atoms with Crippen LogP contribution in [0.1, 0.15) is 58.4 Å². The molecule has 0 saturated carbocycles. The number of H-pyrrole nitrogens is 1. The van der Waals surface area contributed by atoms with Crippen LogP contribution >= 0.6 is 0 Å². The Morgan fingerprint density at radius 2 is 1.92 bits per heavy atom. The van der Waals surface area contributed by atoms with Gasteiger partial charge in [0.1, 0.15) is 5.76 Å². The Morgan fingerprint density at radius 3 is 2.54 bits per heavy atom. The first-order valence-electron chi connectivity index (χ1n) is 8.86. The molecule has 0 aliphatic rings. The average Bonchev–Trinajstić information content (AvgIpc) is 3.23. The Morgan fingerprint density at radius 1 is 1.15 bits per heavy atom. The molecule has 0 amide bonds. The van der Waals surface area contributed by atoms with E-state index in [1.54, 1.807) is 16.9 Å². The van der Waals surface area contributed by atoms with E-state index >= 15 is 0 Å². The van der Waals surface area contributed by atoms with Gasteiger partial charge in [-0.25, -0.2) is 9.67 Å². The Hall–Kier alpha value is -2.63. The summed E-state index contributed by atoms with van der Waals surface area (Å²) >= 11 is 0. The van der Waals surface area contributed by atoms with E-state index in [0.29, 0.717) is 0 Å². The van der Waals surface area contributed by atoms with Crippen molar-refractivity contribution in [2.75, 3.05) is 0 Å². The molecule has 0 saturated heterocycles. The Bertz CT molecular complexity index is 921. The van der Waals surface area contributed by atoms with Crippen LogP contribution in [0, 0.1) is 0 Å². The van der Waals surface area contributed by atoms with Crippen molar-refractivity contribution in [3.05, 3.63) is 64.5 Å². The molecule has 0 aliphatic carbocycles. The summed E-state index contributed by atoms with van der Waals surface area (Å²) in [6.07, 6.45) is 7.03. The monoisotopic (exact) mass is 354 g/mol. The molecule has 0 atom stereocenters. The highest BCUT2D eigenvalue weighted by Gasteiger charge is 2.25. The van der Waals surface area contributed by atoms with Crippen molar-refractivity contribution in [3.63, 3.8) is 0 Å². The summed E-state index contributed by atoms with van der Waals surface area (Å²) in [5.41, 5.74) is 1.54. The van der Waals surface area contributed by atoms with Gasteiger partial charge in [0.15, 0.2) is 5.89 Å². The molecule has 0 aromatic carbocycles. The number of oxazole rings is 1. The zero-order valence-corrected chi connectivity index (χ0v) is 16.0. The largest absolute Gasteiger partial charge is 0.445 e. The Kier molecular flexibility index (Phi) is 4.61. The SMILES string of the molecule is CC(C)(C)c1cnc(CCC(C)(C)c2ccn(-c3ccc(=O)[nH]c3)n2)o1. The number of pyridine rings is 1. The van der Waals surface area contributed by atoms with Crippen LogP contribution in [0.5, 0.6) is 0 Å². The molecular formula is C20H26N4O2. The maximum Gasteiger partial charge on any atom is 0.248 e. The fourth-order valence-electron chi connectivity index (χ4n) is 2.69. The molecule has 0 bridgehead atoms. The summed E-state index contributed by atoms with van der Waals surface area (Å²) in [6, 6.07) is 5.27. The average molecular weight is 354 g/mol. The van der Waals surface area contributed by atoms with Gasteiger partial charge in [-0.05, 0) is 18.6 Å². The van der Waals surface area contributed by atoms with E-state index < -0.39 is 0 Å². The molecule has 3 rings (SSSR count). The van der Waals surface area contributed by atoms with Gasteiger partial charge in [0.25, 0.3) is 0 Å². The number of nitrogens with zero attached hydrogens (tertiary/aromatic N) is 3. The van der Waals surface area contributed by atoms with E-state index in [1.807, 2.05) is 18.5 Å². The highest BCUT2D eigenvalue weighted by Crippen LogP contribution is 2.29. The Labute approximate surface area is 153 Å². The molecular weight excluding hydrogens is 328 g/mol. The van der Waals surface area contributed by atoms with Crippen molar-refractivity contribution in [2.45, 2.75) is 58.3 Å². The van der Waals surface area contributed by atoms with Crippen molar-refractivity contribution >= 4 is 0 Å². The van der Waals surface area contributed by atoms with Crippen molar-refractivity contribution in [3.8, 4) is 5.69 Å². The zero-order valence-electron chi connectivity index (χ0n) is 16.0. The fourth-order valence-corrected chi connectivity index (χ4v) is 2.69. The van der Waals surface area contributed by atoms with Gasteiger partial charge in [0.2, 0.25) is 5.56 Å². The number of aryl methyl sites for hydroxylation is 1. The normalized spacial score (nSPS) is 12.5. The lowest BCUT2D eigenvalue weighted by Gasteiger charge is -2.21. The van der Waals surface area contributed by atoms with Gasteiger partial charge in [0.05, 0.1) is 17.6 Å². The van der Waals surface area contributed by atoms with Crippen LogP contribution in [0.25, 0.3) is 5.69 Å². The minimum absolute atomic E-state index is 0.0315. The molecule has 0 spiro atoms. The summed E-state index contributed by atoms with van der Waals surface area (Å²) in [4.78, 5) is 18.3. The number of aromatic nitrogens is 4. The molecule has 26 heavy (non-hydrogen) atoms. The molecule has 1 N–H and O–H groups in total. The summed E-state index contributed by atoms with van der Waals surface area (Å²) < 4.78 is 7.67. The maximum atomic E-state index is 11.2. The number of hydrogen-bond donors (Lipinski definition) is 1. The molecule has 138 valence electrons. The Balaban J connectivity index is 1.71. The van der Waals surface area contributed by atoms with Gasteiger partial charge in [0, 0.05) is 35.7 Å². The molecule has 3 aromatic rings. The minimum atomic E-state index is -0.123. The third kappa shape index (κ3) is 3.95. The van der Waals surface area contributed by atoms with Crippen LogP contribution in [0.15, 0.2) is 46.0 Å². The standard InChI is InChI=1S/C20H26N4O2/c1-19(2,3)16-13-22-18(26-16)8-10-20(4,5)15-9-11-24(23-15)14-6-7-17(25)21-12-14/h6-7,9,11-13H,8,10H2,1-5H3,(H,21,25).